The minimum absolute atomic E-state index is 0. The largest absolute Gasteiger partial charge is 1.00 e. The summed E-state index contributed by atoms with van der Waals surface area (Å²) < 4.78 is 131. The molecule has 0 spiro atoms. The number of hydrogen-bond donors (Lipinski definition) is 4. The van der Waals surface area contributed by atoms with Crippen LogP contribution in [0.2, 0.25) is 0 Å². The Balaban J connectivity index is 0.000000316. The zero-order valence-electron chi connectivity index (χ0n) is 65.2. The summed E-state index contributed by atoms with van der Waals surface area (Å²) in [4.78, 5) is 52.3. The Kier molecular flexibility index (Phi) is 51.2. The van der Waals surface area contributed by atoms with E-state index in [1.54, 1.807) is 154 Å². The van der Waals surface area contributed by atoms with Gasteiger partial charge in [-0.25, -0.2) is 39.5 Å². The summed E-state index contributed by atoms with van der Waals surface area (Å²) in [5.41, 5.74) is 6.29. The maximum atomic E-state index is 14.3. The minimum atomic E-state index is -0.844. The summed E-state index contributed by atoms with van der Waals surface area (Å²) in [7, 11) is 24.4. The van der Waals surface area contributed by atoms with Crippen molar-refractivity contribution in [3.63, 3.8) is 0 Å². The van der Waals surface area contributed by atoms with E-state index in [1.807, 2.05) is 0 Å². The van der Waals surface area contributed by atoms with Gasteiger partial charge in [0.05, 0.1) is 42.2 Å². The van der Waals surface area contributed by atoms with Gasteiger partial charge in [0, 0.05) is 234 Å². The topological polar surface area (TPSA) is 184 Å². The number of methoxy groups -OCH3 is 2. The summed E-state index contributed by atoms with van der Waals surface area (Å²) in [6.07, 6.45) is 14.2. The first-order valence-corrected chi connectivity index (χ1v) is 53.5. The number of carbonyl (C=O) groups is 4. The molecule has 11 nitrogen and oxygen atoms in total. The van der Waals surface area contributed by atoms with Crippen molar-refractivity contribution in [2.24, 2.45) is 17.8 Å². The molecule has 0 unspecified atom stereocenters. The normalized spacial score (nSPS) is 13.0. The number of esters is 2. The van der Waals surface area contributed by atoms with Crippen molar-refractivity contribution in [3.8, 4) is 177 Å². The molecule has 0 aliphatic heterocycles. The van der Waals surface area contributed by atoms with E-state index in [0.29, 0.717) is 88.5 Å². The van der Waals surface area contributed by atoms with Crippen LogP contribution in [0.3, 0.4) is 0 Å². The fourth-order valence-electron chi connectivity index (χ4n) is 11.6. The first-order chi connectivity index (χ1) is 59.0. The van der Waals surface area contributed by atoms with Gasteiger partial charge < -0.3 is 35.0 Å². The second-order valence-electron chi connectivity index (χ2n) is 24.5. The van der Waals surface area contributed by atoms with Crippen LogP contribution < -0.4 is 18.9 Å². The third-order valence-corrected chi connectivity index (χ3v) is 43.3. The molecule has 0 atom stereocenters. The number of ketones is 1. The smallest absolute Gasteiger partial charge is 0.870 e. The summed E-state index contributed by atoms with van der Waals surface area (Å²) in [5, 5.41) is 10.3. The summed E-state index contributed by atoms with van der Waals surface area (Å²) >= 11 is 9.45. The van der Waals surface area contributed by atoms with Gasteiger partial charge in [0.1, 0.15) is 58.1 Å². The monoisotopic (exact) mass is 1950 g/mol. The van der Waals surface area contributed by atoms with Gasteiger partial charge in [-0.05, 0) is 289 Å². The molecule has 5 N–H and O–H groups in total. The minimum Gasteiger partial charge on any atom is -0.870 e. The molecule has 3 heterocycles. The van der Waals surface area contributed by atoms with E-state index in [0.717, 1.165) is 42.2 Å². The van der Waals surface area contributed by atoms with Crippen LogP contribution in [0.1, 0.15) is 94.6 Å². The van der Waals surface area contributed by atoms with Gasteiger partial charge in [0.15, 0.2) is 0 Å². The zero-order valence-corrected chi connectivity index (χ0v) is 77.5. The van der Waals surface area contributed by atoms with Crippen molar-refractivity contribution in [1.29, 1.82) is 0 Å². The molecule has 3 aromatic heterocycles. The van der Waals surface area contributed by atoms with Gasteiger partial charge in [-0.3, -0.25) is 19.2 Å². The third kappa shape index (κ3) is 37.4. The van der Waals surface area contributed by atoms with Crippen molar-refractivity contribution in [2.75, 3.05) is 14.2 Å². The molecule has 12 rings (SSSR count). The number of fused-ring (bicyclic) bond motifs is 3. The van der Waals surface area contributed by atoms with E-state index in [-0.39, 0.29) is 112 Å². The number of terminal acetylenes is 2. The molecule has 3 fully saturated rings. The summed E-state index contributed by atoms with van der Waals surface area (Å²) in [6.45, 7) is 3.35. The molecule has 3 aliphatic carbocycles. The quantitative estimate of drug-likeness (QED) is 0.0421. The van der Waals surface area contributed by atoms with E-state index < -0.39 is 40.9 Å². The number of rotatable bonds is 11. The van der Waals surface area contributed by atoms with E-state index in [2.05, 4.69) is 156 Å². The molecule has 3 aliphatic rings. The molecule has 3 saturated carbocycles. The number of carboxylic acid groups (broad SMARTS) is 1. The fraction of sp³-hybridized carbons (Fsp3) is 0.205. The Morgan fingerprint density at radius 1 is 0.427 bits per heavy atom. The predicted octanol–water partition coefficient (Wildman–Crippen LogP) is 13.4. The van der Waals surface area contributed by atoms with Crippen LogP contribution in [-0.4, -0.2) is 63.4 Å². The molecule has 0 amide bonds. The van der Waals surface area contributed by atoms with E-state index in [1.165, 1.54) is 86.6 Å². The number of H-pyrrole nitrogens is 3. The molecule has 9 aromatic rings. The van der Waals surface area contributed by atoms with Crippen molar-refractivity contribution in [3.05, 3.63) is 179 Å². The number of hydrogen-bond acceptors (Lipinski definition) is 9. The molecular weight excluding hydrogens is 1890 g/mol. The number of ether oxygens (including phenoxy) is 2. The van der Waals surface area contributed by atoms with Crippen LogP contribution in [0.5, 0.6) is 0 Å². The Hall–Kier alpha value is -10.0. The Morgan fingerprint density at radius 2 is 0.742 bits per heavy atom. The molecular formula is C88H61F9LiN3O8S15. The zero-order chi connectivity index (χ0) is 88.6. The number of benzene rings is 6. The van der Waals surface area contributed by atoms with Crippen molar-refractivity contribution >= 4 is 194 Å². The maximum absolute atomic E-state index is 14.3. The Labute approximate surface area is 769 Å². The van der Waals surface area contributed by atoms with Gasteiger partial charge in [-0.15, -0.1) is 18.8 Å². The number of nitrogens with one attached hydrogen (secondary N) is 3. The number of aromatic nitrogens is 3. The molecule has 124 heavy (non-hydrogen) atoms. The number of carboxylic acids is 1. The Morgan fingerprint density at radius 3 is 1.07 bits per heavy atom. The van der Waals surface area contributed by atoms with Crippen LogP contribution >= 0.6 is 0 Å². The first-order valence-electron chi connectivity index (χ1n) is 34.8. The number of aliphatic carboxylic acids is 1. The molecule has 6 aromatic carbocycles. The molecule has 0 saturated heterocycles. The SMILES string of the molecule is C#CC.C#CC#CC#CC#CC#CC#CC#CC#CC#CC#CC#CC.COC(=O)CC1CC(=O)C1.COC(=O)CC1CC(c2c(-c3ccc(F)cc3)[nH]c3c(F)cc(F)cc23)C1.Fc1ccc(-c2cc3cc(F)cc(F)c3[nH]2)cc1.O=C(O)CC1CC(c2c(-c3ccc(F)cc3)[nH]c3c(F)cc(F)cc23)C1.S=S=S=S=S=S=S=S=S=S=S=S=S=S=S.[Li+].[OH-]. The number of aromatic amines is 3. The van der Waals surface area contributed by atoms with E-state index in [9.17, 15) is 58.7 Å². The second kappa shape index (κ2) is 59.7. The van der Waals surface area contributed by atoms with E-state index >= 15 is 0 Å². The fourth-order valence-corrected chi connectivity index (χ4v) is 41.8. The first kappa shape index (κ1) is 106. The standard InChI is InChI=1S/C23H4.C21H18F3NO2.C20H16F3NO2.C14H8F3N.C7H10O3.C3H4.Li.H2O.S15/c1-3-5-7-9-11-13-15-17-19-21-23-22-20-18-16-14-12-10-8-6-4-2;1-27-18(26)8-11-6-13(7-11)19-16-9-15(23)10-17(24)21(16)25-20(19)12-2-4-14(22)5-3-12;21-13-3-1-11(2-4-13)19-18(12-5-10(6-12)7-17(25)26)15-8-14(22)9-16(23)20(15)24-19;15-10-3-1-8(2-4-10)13-6-9-5-11(16)7-12(17)14(9)18-13;1-10-7(9)4-5-2-6(8)3-5;1-3-2;;;1-3-5-7-9-11-13-15-14-12-10-8-6-4-2/h1H,2H3;2-5,9-11,13,25H,6-8H2,1H3;1-4,8-10,12,24H,5-7H2,(H,25,26);1-7,18H;5H,2-4H2,1H3;1H,2H3;;1H2;/q;;;;;;+1;;/p-1. The summed E-state index contributed by atoms with van der Waals surface area (Å²) in [5.74, 6) is 48.7. The second-order valence-corrected chi connectivity index (χ2v) is 47.5. The number of carbonyl (C=O) groups excluding carboxylic acids is 3. The average molecular weight is 1950 g/mol. The summed E-state index contributed by atoms with van der Waals surface area (Å²) in [6, 6.07) is 25.5. The number of Topliss-reactive ketones (excluding diaryl/α,β-unsaturated/α-hetero) is 1. The molecule has 36 heteroatoms. The molecule has 0 radical (unpaired) electrons. The van der Waals surface area contributed by atoms with Crippen LogP contribution in [-0.2, 0) is 166 Å². The van der Waals surface area contributed by atoms with Gasteiger partial charge in [0.2, 0.25) is 0 Å². The molecule has 630 valence electrons. The van der Waals surface area contributed by atoms with Gasteiger partial charge in [0.25, 0.3) is 0 Å². The van der Waals surface area contributed by atoms with Crippen LogP contribution in [0, 0.1) is 213 Å². The molecule has 0 bridgehead atoms. The van der Waals surface area contributed by atoms with Crippen molar-refractivity contribution in [1.82, 2.24) is 15.0 Å². The predicted molar refractivity (Wildman–Crippen MR) is 504 cm³/mol. The van der Waals surface area contributed by atoms with Crippen LogP contribution in [0.15, 0.2) is 115 Å². The van der Waals surface area contributed by atoms with Crippen LogP contribution in [0.25, 0.3) is 66.5 Å². The Bertz CT molecular complexity index is 6830. The van der Waals surface area contributed by atoms with Crippen LogP contribution in [0.4, 0.5) is 39.5 Å². The van der Waals surface area contributed by atoms with Crippen molar-refractivity contribution in [2.45, 2.75) is 83.5 Å². The van der Waals surface area contributed by atoms with E-state index in [4.69, 9.17) is 38.6 Å². The van der Waals surface area contributed by atoms with Crippen molar-refractivity contribution < 1.29 is 97.6 Å². The average Bonchev–Trinajstić information content (AvgIpc) is 1.60. The van der Waals surface area contributed by atoms with Gasteiger partial charge >= 0.3 is 36.8 Å². The maximum Gasteiger partial charge on any atom is 1.00 e. The van der Waals surface area contributed by atoms with Gasteiger partial charge in [-0.1, -0.05) is 5.92 Å². The van der Waals surface area contributed by atoms with Gasteiger partial charge in [-0.2, -0.15) is 0 Å². The third-order valence-electron chi connectivity index (χ3n) is 16.6. The number of halogens is 9.